The number of anilines is 1. The first-order chi connectivity index (χ1) is 9.70. The van der Waals surface area contributed by atoms with Gasteiger partial charge in [0.05, 0.1) is 5.02 Å². The highest BCUT2D eigenvalue weighted by Gasteiger charge is 2.22. The Hall–Kier alpha value is -1.25. The Morgan fingerprint density at radius 2 is 1.62 bits per heavy atom. The number of hydrogen-bond acceptors (Lipinski definition) is 2. The molecule has 0 aliphatic heterocycles. The molecule has 112 valence electrons. The summed E-state index contributed by atoms with van der Waals surface area (Å²) >= 11 is 8.89. The van der Waals surface area contributed by atoms with Gasteiger partial charge >= 0.3 is 0 Å². The molecule has 0 spiro atoms. The second kappa shape index (κ2) is 5.86. The van der Waals surface area contributed by atoms with E-state index in [1.165, 1.54) is 12.1 Å². The summed E-state index contributed by atoms with van der Waals surface area (Å²) in [4.78, 5) is -0.365. The molecule has 0 saturated carbocycles. The van der Waals surface area contributed by atoms with Crippen LogP contribution in [-0.2, 0) is 10.0 Å². The summed E-state index contributed by atoms with van der Waals surface area (Å²) in [6, 6.07) is 4.60. The Morgan fingerprint density at radius 1 is 1.05 bits per heavy atom. The summed E-state index contributed by atoms with van der Waals surface area (Å²) in [5.74, 6) is -3.90. The lowest BCUT2D eigenvalue weighted by Gasteiger charge is -2.11. The Kier molecular flexibility index (Phi) is 4.50. The number of benzene rings is 2. The van der Waals surface area contributed by atoms with Crippen LogP contribution in [0.5, 0.6) is 0 Å². The van der Waals surface area contributed by atoms with Gasteiger partial charge in [-0.1, -0.05) is 27.5 Å². The van der Waals surface area contributed by atoms with Gasteiger partial charge in [-0.2, -0.15) is 0 Å². The molecule has 0 aliphatic rings. The predicted octanol–water partition coefficient (Wildman–Crippen LogP) is 4.32. The molecule has 2 aromatic carbocycles. The van der Waals surface area contributed by atoms with E-state index in [0.29, 0.717) is 16.6 Å². The molecule has 0 radical (unpaired) electrons. The van der Waals surface area contributed by atoms with Crippen LogP contribution in [0, 0.1) is 17.5 Å². The smallest absolute Gasteiger partial charge is 0.263 e. The van der Waals surface area contributed by atoms with Gasteiger partial charge in [-0.05, 0) is 18.2 Å². The van der Waals surface area contributed by atoms with Gasteiger partial charge in [0, 0.05) is 16.6 Å². The van der Waals surface area contributed by atoms with Crippen LogP contribution in [-0.4, -0.2) is 8.42 Å². The van der Waals surface area contributed by atoms with Crippen LogP contribution in [0.3, 0.4) is 0 Å². The third-order valence-electron chi connectivity index (χ3n) is 2.43. The first-order valence-corrected chi connectivity index (χ1v) is 7.98. The van der Waals surface area contributed by atoms with Gasteiger partial charge in [-0.3, -0.25) is 4.72 Å². The largest absolute Gasteiger partial charge is 0.274 e. The molecule has 0 fully saturated rings. The Labute approximate surface area is 131 Å². The fraction of sp³-hybridized carbons (Fsp3) is 0. The van der Waals surface area contributed by atoms with Crippen molar-refractivity contribution in [1.29, 1.82) is 0 Å². The Morgan fingerprint density at radius 3 is 2.14 bits per heavy atom. The van der Waals surface area contributed by atoms with Crippen molar-refractivity contribution in [1.82, 2.24) is 0 Å². The molecule has 0 aromatic heterocycles. The van der Waals surface area contributed by atoms with Crippen LogP contribution in [0.1, 0.15) is 0 Å². The molecular formula is C12H6BrClF3NO2S. The fourth-order valence-electron chi connectivity index (χ4n) is 1.52. The van der Waals surface area contributed by atoms with Gasteiger partial charge in [0.25, 0.3) is 10.0 Å². The van der Waals surface area contributed by atoms with Crippen molar-refractivity contribution in [2.24, 2.45) is 0 Å². The van der Waals surface area contributed by atoms with Gasteiger partial charge in [-0.25, -0.2) is 21.6 Å². The molecule has 1 N–H and O–H groups in total. The average Bonchev–Trinajstić information content (AvgIpc) is 2.33. The Bertz CT molecular complexity index is 791. The number of hydrogen-bond donors (Lipinski definition) is 1. The van der Waals surface area contributed by atoms with E-state index < -0.39 is 33.2 Å². The normalized spacial score (nSPS) is 11.5. The fourth-order valence-corrected chi connectivity index (χ4v) is 3.64. The lowest BCUT2D eigenvalue weighted by molar-refractivity contribution is 0.547. The maximum absolute atomic E-state index is 13.5. The van der Waals surface area contributed by atoms with Gasteiger partial charge in [0.1, 0.15) is 16.4 Å². The molecule has 2 aromatic rings. The van der Waals surface area contributed by atoms with E-state index in [1.54, 1.807) is 4.72 Å². The summed E-state index contributed by atoms with van der Waals surface area (Å²) in [7, 11) is -4.32. The van der Waals surface area contributed by atoms with Gasteiger partial charge in [-0.15, -0.1) is 0 Å². The zero-order chi connectivity index (χ0) is 15.8. The van der Waals surface area contributed by atoms with Gasteiger partial charge < -0.3 is 0 Å². The topological polar surface area (TPSA) is 46.2 Å². The molecule has 2 rings (SSSR count). The van der Waals surface area contributed by atoms with E-state index in [2.05, 4.69) is 15.9 Å². The number of nitrogens with one attached hydrogen (secondary N) is 1. The first kappa shape index (κ1) is 16.1. The van der Waals surface area contributed by atoms with E-state index in [0.717, 1.165) is 6.07 Å². The summed E-state index contributed by atoms with van der Waals surface area (Å²) in [5.41, 5.74) is -0.976. The molecule has 3 nitrogen and oxygen atoms in total. The quantitative estimate of drug-likeness (QED) is 0.834. The second-order valence-corrected chi connectivity index (χ2v) is 6.90. The number of halogens is 5. The molecule has 0 atom stereocenters. The van der Waals surface area contributed by atoms with Crippen molar-refractivity contribution in [3.63, 3.8) is 0 Å². The van der Waals surface area contributed by atoms with Crippen LogP contribution in [0.15, 0.2) is 39.7 Å². The lowest BCUT2D eigenvalue weighted by atomic mass is 10.3. The summed E-state index contributed by atoms with van der Waals surface area (Å²) in [5, 5.41) is -0.139. The molecule has 0 saturated heterocycles. The molecule has 0 amide bonds. The molecule has 0 heterocycles. The lowest BCUT2D eigenvalue weighted by Crippen LogP contribution is -2.16. The SMILES string of the molecule is O=S(=O)(Nc1c(F)cc(F)cc1F)c1ccc(Br)cc1Cl. The maximum atomic E-state index is 13.5. The maximum Gasteiger partial charge on any atom is 0.263 e. The second-order valence-electron chi connectivity index (χ2n) is 3.92. The standard InChI is InChI=1S/C12H6BrClF3NO2S/c13-6-1-2-11(8(14)3-6)21(19,20)18-12-9(16)4-7(15)5-10(12)17/h1-5,18H. The Balaban J connectivity index is 2.47. The number of sulfonamides is 1. The monoisotopic (exact) mass is 399 g/mol. The van der Waals surface area contributed by atoms with E-state index in [4.69, 9.17) is 11.6 Å². The van der Waals surface area contributed by atoms with Crippen molar-refractivity contribution in [3.8, 4) is 0 Å². The van der Waals surface area contributed by atoms with Crippen LogP contribution >= 0.6 is 27.5 Å². The molecular weight excluding hydrogens is 395 g/mol. The highest BCUT2D eigenvalue weighted by atomic mass is 79.9. The minimum Gasteiger partial charge on any atom is -0.274 e. The third kappa shape index (κ3) is 3.50. The van der Waals surface area contributed by atoms with Crippen molar-refractivity contribution in [2.45, 2.75) is 4.90 Å². The molecule has 0 aliphatic carbocycles. The van der Waals surface area contributed by atoms with Crippen molar-refractivity contribution in [3.05, 3.63) is 57.3 Å². The van der Waals surface area contributed by atoms with Gasteiger partial charge in [0.15, 0.2) is 11.6 Å². The summed E-state index contributed by atoms with van der Waals surface area (Å²) < 4.78 is 66.2. The minimum atomic E-state index is -4.32. The minimum absolute atomic E-state index is 0.139. The van der Waals surface area contributed by atoms with Crippen LogP contribution in [0.2, 0.25) is 5.02 Å². The third-order valence-corrected chi connectivity index (χ3v) is 4.75. The number of rotatable bonds is 3. The predicted molar refractivity (Wildman–Crippen MR) is 76.3 cm³/mol. The van der Waals surface area contributed by atoms with E-state index >= 15 is 0 Å². The zero-order valence-electron chi connectivity index (χ0n) is 10.0. The van der Waals surface area contributed by atoms with E-state index in [9.17, 15) is 21.6 Å². The van der Waals surface area contributed by atoms with Crippen LogP contribution < -0.4 is 4.72 Å². The van der Waals surface area contributed by atoms with Crippen molar-refractivity contribution < 1.29 is 21.6 Å². The highest BCUT2D eigenvalue weighted by Crippen LogP contribution is 2.28. The summed E-state index contributed by atoms with van der Waals surface area (Å²) in [6.07, 6.45) is 0. The molecule has 0 bridgehead atoms. The molecule has 21 heavy (non-hydrogen) atoms. The first-order valence-electron chi connectivity index (χ1n) is 5.33. The van der Waals surface area contributed by atoms with E-state index in [-0.39, 0.29) is 9.92 Å². The zero-order valence-corrected chi connectivity index (χ0v) is 13.2. The van der Waals surface area contributed by atoms with Gasteiger partial charge in [0.2, 0.25) is 0 Å². The average molecular weight is 401 g/mol. The molecule has 0 unspecified atom stereocenters. The van der Waals surface area contributed by atoms with Crippen molar-refractivity contribution in [2.75, 3.05) is 4.72 Å². The van der Waals surface area contributed by atoms with E-state index in [1.807, 2.05) is 0 Å². The van der Waals surface area contributed by atoms with Crippen LogP contribution in [0.4, 0.5) is 18.9 Å². The van der Waals surface area contributed by atoms with Crippen molar-refractivity contribution >= 4 is 43.2 Å². The highest BCUT2D eigenvalue weighted by molar-refractivity contribution is 9.10. The molecule has 9 heteroatoms. The summed E-state index contributed by atoms with van der Waals surface area (Å²) in [6.45, 7) is 0. The van der Waals surface area contributed by atoms with Crippen LogP contribution in [0.25, 0.3) is 0 Å².